The average Bonchev–Trinajstić information content (AvgIpc) is 2.67. The molecule has 26 heavy (non-hydrogen) atoms. The highest BCUT2D eigenvalue weighted by Gasteiger charge is 2.17. The van der Waals surface area contributed by atoms with E-state index < -0.39 is 5.97 Å². The fourth-order valence-electron chi connectivity index (χ4n) is 2.47. The Morgan fingerprint density at radius 2 is 1.77 bits per heavy atom. The van der Waals surface area contributed by atoms with Gasteiger partial charge in [0.15, 0.2) is 11.5 Å². The van der Waals surface area contributed by atoms with E-state index in [9.17, 15) is 14.4 Å². The zero-order valence-electron chi connectivity index (χ0n) is 14.0. The van der Waals surface area contributed by atoms with Crippen molar-refractivity contribution in [3.05, 3.63) is 62.4 Å². The number of carbonyl (C=O) groups is 2. The lowest BCUT2D eigenvalue weighted by Crippen LogP contribution is -2.10. The molecular formula is C19H14O6S. The second-order valence-electron chi connectivity index (χ2n) is 5.24. The van der Waals surface area contributed by atoms with E-state index in [1.807, 2.05) is 0 Å². The van der Waals surface area contributed by atoms with E-state index in [2.05, 4.69) is 0 Å². The maximum absolute atomic E-state index is 12.5. The molecule has 2 aromatic carbocycles. The van der Waals surface area contributed by atoms with Gasteiger partial charge in [0.25, 0.3) is 0 Å². The number of hydrogen-bond acceptors (Lipinski definition) is 7. The molecule has 6 nitrogen and oxygen atoms in total. The normalized spacial score (nSPS) is 10.4. The highest BCUT2D eigenvalue weighted by atomic mass is 32.1. The van der Waals surface area contributed by atoms with Gasteiger partial charge in [-0.2, -0.15) is 0 Å². The summed E-state index contributed by atoms with van der Waals surface area (Å²) in [6.45, 7) is 0. The quantitative estimate of drug-likeness (QED) is 0.389. The lowest BCUT2D eigenvalue weighted by molar-refractivity contribution is 0.0739. The summed E-state index contributed by atoms with van der Waals surface area (Å²) in [5, 5.41) is 0.901. The van der Waals surface area contributed by atoms with Gasteiger partial charge in [0.05, 0.1) is 19.6 Å². The fourth-order valence-corrected chi connectivity index (χ4v) is 3.29. The van der Waals surface area contributed by atoms with E-state index in [1.165, 1.54) is 38.5 Å². The predicted molar refractivity (Wildman–Crippen MR) is 98.0 cm³/mol. The second-order valence-corrected chi connectivity index (χ2v) is 6.25. The summed E-state index contributed by atoms with van der Waals surface area (Å²) in [5.74, 6) is 0.404. The lowest BCUT2D eigenvalue weighted by atomic mass is 10.1. The Kier molecular flexibility index (Phi) is 4.99. The van der Waals surface area contributed by atoms with Gasteiger partial charge < -0.3 is 14.2 Å². The fraction of sp³-hybridized carbons (Fsp3) is 0.105. The molecule has 0 unspecified atom stereocenters. The second kappa shape index (κ2) is 7.37. The zero-order chi connectivity index (χ0) is 18.7. The van der Waals surface area contributed by atoms with Gasteiger partial charge >= 0.3 is 5.97 Å². The van der Waals surface area contributed by atoms with Crippen LogP contribution in [0.4, 0.5) is 0 Å². The minimum absolute atomic E-state index is 0.161. The predicted octanol–water partition coefficient (Wildman–Crippen LogP) is 3.31. The zero-order valence-corrected chi connectivity index (χ0v) is 14.8. The largest absolute Gasteiger partial charge is 0.493 e. The number of methoxy groups -OCH3 is 2. The van der Waals surface area contributed by atoms with Crippen molar-refractivity contribution in [2.75, 3.05) is 14.2 Å². The number of carbonyl (C=O) groups excluding carboxylic acids is 2. The molecule has 7 heteroatoms. The first kappa shape index (κ1) is 17.6. The van der Waals surface area contributed by atoms with Crippen LogP contribution in [0.1, 0.15) is 20.0 Å². The van der Waals surface area contributed by atoms with Gasteiger partial charge in [0.1, 0.15) is 16.9 Å². The van der Waals surface area contributed by atoms with Crippen LogP contribution < -0.4 is 19.0 Å². The van der Waals surface area contributed by atoms with Crippen LogP contribution in [0.15, 0.2) is 47.3 Å². The van der Waals surface area contributed by atoms with Crippen molar-refractivity contribution in [3.63, 3.8) is 0 Å². The molecule has 0 fully saturated rings. The van der Waals surface area contributed by atoms with Gasteiger partial charge in [-0.25, -0.2) is 4.79 Å². The monoisotopic (exact) mass is 370 g/mol. The molecule has 132 valence electrons. The third kappa shape index (κ3) is 3.29. The van der Waals surface area contributed by atoms with Gasteiger partial charge in [0.2, 0.25) is 4.74 Å². The molecule has 1 aromatic heterocycles. The molecule has 0 spiro atoms. The van der Waals surface area contributed by atoms with Gasteiger partial charge in [-0.1, -0.05) is 17.4 Å². The first-order chi connectivity index (χ1) is 12.6. The van der Waals surface area contributed by atoms with Crippen LogP contribution in [0.2, 0.25) is 0 Å². The van der Waals surface area contributed by atoms with Crippen molar-refractivity contribution >= 4 is 34.4 Å². The molecule has 0 radical (unpaired) electrons. The van der Waals surface area contributed by atoms with Crippen LogP contribution in [0.3, 0.4) is 0 Å². The van der Waals surface area contributed by atoms with Gasteiger partial charge in [-0.3, -0.25) is 9.59 Å². The molecule has 0 N–H and O–H groups in total. The Bertz CT molecular complexity index is 1040. The van der Waals surface area contributed by atoms with E-state index >= 15 is 0 Å². The van der Waals surface area contributed by atoms with Crippen molar-refractivity contribution in [2.45, 2.75) is 0 Å². The summed E-state index contributed by atoms with van der Waals surface area (Å²) in [7, 11) is 2.94. The third-order valence-corrected chi connectivity index (χ3v) is 4.59. The average molecular weight is 370 g/mol. The summed E-state index contributed by atoms with van der Waals surface area (Å²) in [5.41, 5.74) is 0.473. The maximum atomic E-state index is 12.5. The Balaban J connectivity index is 1.98. The Morgan fingerprint density at radius 3 is 2.38 bits per heavy atom. The molecule has 0 saturated carbocycles. The molecule has 3 rings (SSSR count). The molecule has 0 saturated heterocycles. The Labute approximate surface area is 152 Å². The van der Waals surface area contributed by atoms with Gasteiger partial charge in [-0.05, 0) is 41.8 Å². The van der Waals surface area contributed by atoms with Crippen LogP contribution in [0, 0.1) is 0 Å². The number of hydrogen-bond donors (Lipinski definition) is 0. The first-order valence-corrected chi connectivity index (χ1v) is 8.35. The smallest absolute Gasteiger partial charge is 0.353 e. The summed E-state index contributed by atoms with van der Waals surface area (Å²) >= 11 is 0.769. The van der Waals surface area contributed by atoms with Crippen LogP contribution >= 0.6 is 11.3 Å². The first-order valence-electron chi connectivity index (χ1n) is 7.53. The maximum Gasteiger partial charge on any atom is 0.353 e. The van der Waals surface area contributed by atoms with Crippen molar-refractivity contribution in [3.8, 4) is 17.2 Å². The van der Waals surface area contributed by atoms with Crippen LogP contribution in [0.25, 0.3) is 10.8 Å². The molecule has 0 aliphatic heterocycles. The van der Waals surface area contributed by atoms with E-state index in [0.717, 1.165) is 11.3 Å². The third-order valence-electron chi connectivity index (χ3n) is 3.70. The summed E-state index contributed by atoms with van der Waals surface area (Å²) in [6.07, 6.45) is 0.697. The lowest BCUT2D eigenvalue weighted by Gasteiger charge is -2.10. The summed E-state index contributed by atoms with van der Waals surface area (Å²) < 4.78 is 15.4. The molecule has 3 aromatic rings. The van der Waals surface area contributed by atoms with Crippen molar-refractivity contribution < 1.29 is 23.8 Å². The van der Waals surface area contributed by atoms with Crippen LogP contribution in [-0.4, -0.2) is 26.5 Å². The highest BCUT2D eigenvalue weighted by Crippen LogP contribution is 2.34. The molecule has 0 atom stereocenters. The molecule has 1 heterocycles. The number of rotatable bonds is 5. The highest BCUT2D eigenvalue weighted by molar-refractivity contribution is 7.11. The summed E-state index contributed by atoms with van der Waals surface area (Å²) in [6, 6.07) is 11.0. The van der Waals surface area contributed by atoms with E-state index in [0.29, 0.717) is 34.1 Å². The van der Waals surface area contributed by atoms with E-state index in [-0.39, 0.29) is 15.4 Å². The SMILES string of the molecule is COc1ccc2cc(C(=O)Oc3ccc(C=O)cc3)sc(=O)c2c1OC. The minimum atomic E-state index is -0.650. The Morgan fingerprint density at radius 1 is 1.04 bits per heavy atom. The summed E-state index contributed by atoms with van der Waals surface area (Å²) in [4.78, 5) is 35.7. The number of esters is 1. The molecule has 0 amide bonds. The van der Waals surface area contributed by atoms with E-state index in [1.54, 1.807) is 18.2 Å². The minimum Gasteiger partial charge on any atom is -0.493 e. The van der Waals surface area contributed by atoms with E-state index in [4.69, 9.17) is 14.2 Å². The topological polar surface area (TPSA) is 78.9 Å². The number of fused-ring (bicyclic) bond motifs is 1. The number of aldehydes is 1. The molecule has 0 aliphatic rings. The van der Waals surface area contributed by atoms with Crippen molar-refractivity contribution in [1.82, 2.24) is 0 Å². The molecule has 0 bridgehead atoms. The molecular weight excluding hydrogens is 356 g/mol. The molecule has 0 aliphatic carbocycles. The Hall–Kier alpha value is -3.19. The van der Waals surface area contributed by atoms with Gasteiger partial charge in [-0.15, -0.1) is 0 Å². The standard InChI is InChI=1S/C19H14O6S/c1-23-14-8-5-12-9-15(26-19(22)16(12)17(14)24-2)18(21)25-13-6-3-11(10-20)4-7-13/h3-10H,1-2H3. The van der Waals surface area contributed by atoms with Crippen LogP contribution in [0.5, 0.6) is 17.2 Å². The van der Waals surface area contributed by atoms with Gasteiger partial charge in [0, 0.05) is 5.56 Å². The van der Waals surface area contributed by atoms with Crippen molar-refractivity contribution in [1.29, 1.82) is 0 Å². The van der Waals surface area contributed by atoms with Crippen molar-refractivity contribution in [2.24, 2.45) is 0 Å². The number of ether oxygens (including phenoxy) is 3. The van der Waals surface area contributed by atoms with Crippen LogP contribution in [-0.2, 0) is 0 Å². The number of benzene rings is 2.